The number of carbonyl (C=O) groups is 1. The molecule has 0 amide bonds. The molecule has 1 atom stereocenters. The second-order valence-corrected chi connectivity index (χ2v) is 8.72. The van der Waals surface area contributed by atoms with E-state index >= 15 is 0 Å². The maximum atomic E-state index is 13.2. The van der Waals surface area contributed by atoms with Gasteiger partial charge in [-0.05, 0) is 38.1 Å². The minimum Gasteiger partial charge on any atom is -0.490 e. The first-order valence-electron chi connectivity index (χ1n) is 10.6. The second-order valence-electron chi connectivity index (χ2n) is 7.80. The molecule has 1 heterocycles. The number of aromatic nitrogens is 2. The van der Waals surface area contributed by atoms with Crippen molar-refractivity contribution in [2.75, 3.05) is 6.61 Å². The Bertz CT molecular complexity index is 1380. The highest BCUT2D eigenvalue weighted by Crippen LogP contribution is 2.39. The number of nitrogens with zero attached hydrogens (tertiary/aromatic N) is 4. The lowest BCUT2D eigenvalue weighted by Gasteiger charge is -2.15. The van der Waals surface area contributed by atoms with Crippen LogP contribution in [0, 0.1) is 10.1 Å². The largest absolute Gasteiger partial charge is 0.490 e. The SMILES string of the molecule is CCOc1cc(C=Nn2c(C(C)C)nc3ccc(Br)cc3c2=O)cc([N+](=O)[O-])c1O[C@@H](C)C(=O)O. The number of nitro benzene ring substituents is 1. The summed E-state index contributed by atoms with van der Waals surface area (Å²) in [7, 11) is 0. The molecule has 35 heavy (non-hydrogen) atoms. The second kappa shape index (κ2) is 10.6. The zero-order valence-corrected chi connectivity index (χ0v) is 21.0. The summed E-state index contributed by atoms with van der Waals surface area (Å²) in [5.41, 5.74) is -0.128. The number of carboxylic acids is 1. The van der Waals surface area contributed by atoms with Crippen LogP contribution in [0.3, 0.4) is 0 Å². The van der Waals surface area contributed by atoms with Gasteiger partial charge in [-0.1, -0.05) is 29.8 Å². The minimum atomic E-state index is -1.34. The highest BCUT2D eigenvalue weighted by Gasteiger charge is 2.26. The molecule has 0 radical (unpaired) electrons. The molecule has 1 N–H and O–H groups in total. The summed E-state index contributed by atoms with van der Waals surface area (Å²) in [6.07, 6.45) is -0.0683. The maximum Gasteiger partial charge on any atom is 0.344 e. The Morgan fingerprint density at radius 2 is 2.03 bits per heavy atom. The van der Waals surface area contributed by atoms with Crippen molar-refractivity contribution >= 4 is 44.7 Å². The summed E-state index contributed by atoms with van der Waals surface area (Å²) in [5.74, 6) is -1.34. The van der Waals surface area contributed by atoms with Crippen molar-refractivity contribution < 1.29 is 24.3 Å². The molecule has 0 fully saturated rings. The Kier molecular flexibility index (Phi) is 7.85. The average Bonchev–Trinajstić information content (AvgIpc) is 2.79. The van der Waals surface area contributed by atoms with Gasteiger partial charge in [-0.2, -0.15) is 9.78 Å². The lowest BCUT2D eigenvalue weighted by atomic mass is 10.1. The molecule has 12 heteroatoms. The van der Waals surface area contributed by atoms with Crippen LogP contribution in [0.15, 0.2) is 44.7 Å². The number of nitro groups is 1. The lowest BCUT2D eigenvalue weighted by Crippen LogP contribution is -2.24. The molecular formula is C23H23BrN4O7. The maximum absolute atomic E-state index is 13.2. The van der Waals surface area contributed by atoms with Gasteiger partial charge < -0.3 is 14.6 Å². The molecule has 3 rings (SSSR count). The van der Waals surface area contributed by atoms with Crippen LogP contribution in [0.4, 0.5) is 5.69 Å². The van der Waals surface area contributed by atoms with Crippen LogP contribution in [-0.2, 0) is 4.79 Å². The van der Waals surface area contributed by atoms with Crippen molar-refractivity contribution in [3.63, 3.8) is 0 Å². The van der Waals surface area contributed by atoms with E-state index in [4.69, 9.17) is 14.6 Å². The van der Waals surface area contributed by atoms with Gasteiger partial charge in [-0.3, -0.25) is 14.9 Å². The third-order valence-corrected chi connectivity index (χ3v) is 5.36. The number of hydrogen-bond acceptors (Lipinski definition) is 8. The summed E-state index contributed by atoms with van der Waals surface area (Å²) < 4.78 is 12.7. The Hall–Kier alpha value is -3.80. The molecule has 0 aliphatic heterocycles. The van der Waals surface area contributed by atoms with Crippen molar-refractivity contribution in [1.29, 1.82) is 0 Å². The third-order valence-electron chi connectivity index (χ3n) is 4.87. The normalized spacial score (nSPS) is 12.3. The first-order chi connectivity index (χ1) is 16.5. The number of ether oxygens (including phenoxy) is 2. The van der Waals surface area contributed by atoms with E-state index in [2.05, 4.69) is 26.0 Å². The van der Waals surface area contributed by atoms with Gasteiger partial charge in [0.2, 0.25) is 5.75 Å². The molecule has 1 aromatic heterocycles. The molecule has 0 saturated carbocycles. The number of benzene rings is 2. The van der Waals surface area contributed by atoms with Gasteiger partial charge in [-0.15, -0.1) is 0 Å². The first-order valence-corrected chi connectivity index (χ1v) is 11.4. The topological polar surface area (TPSA) is 146 Å². The molecule has 11 nitrogen and oxygen atoms in total. The Morgan fingerprint density at radius 1 is 1.31 bits per heavy atom. The fraction of sp³-hybridized carbons (Fsp3) is 0.304. The van der Waals surface area contributed by atoms with Crippen LogP contribution in [0.1, 0.15) is 45.0 Å². The number of hydrogen-bond donors (Lipinski definition) is 1. The van der Waals surface area contributed by atoms with E-state index in [0.29, 0.717) is 21.2 Å². The summed E-state index contributed by atoms with van der Waals surface area (Å²) in [4.78, 5) is 40.0. The average molecular weight is 547 g/mol. The Morgan fingerprint density at radius 3 is 2.63 bits per heavy atom. The minimum absolute atomic E-state index is 0.0201. The zero-order valence-electron chi connectivity index (χ0n) is 19.4. The summed E-state index contributed by atoms with van der Waals surface area (Å²) in [6.45, 7) is 6.81. The van der Waals surface area contributed by atoms with Crippen LogP contribution in [0.5, 0.6) is 11.5 Å². The van der Waals surface area contributed by atoms with E-state index in [9.17, 15) is 19.7 Å². The summed E-state index contributed by atoms with van der Waals surface area (Å²) >= 11 is 3.35. The van der Waals surface area contributed by atoms with Crippen molar-refractivity contribution in [2.45, 2.75) is 39.7 Å². The molecule has 0 spiro atoms. The quantitative estimate of drug-likeness (QED) is 0.237. The van der Waals surface area contributed by atoms with Gasteiger partial charge in [0.25, 0.3) is 5.56 Å². The molecule has 0 bridgehead atoms. The summed E-state index contributed by atoms with van der Waals surface area (Å²) in [5, 5.41) is 25.5. The number of fused-ring (bicyclic) bond motifs is 1. The summed E-state index contributed by atoms with van der Waals surface area (Å²) in [6, 6.07) is 7.76. The molecule has 0 aliphatic rings. The van der Waals surface area contributed by atoms with Crippen LogP contribution in [-0.4, -0.2) is 44.6 Å². The van der Waals surface area contributed by atoms with Gasteiger partial charge in [-0.25, -0.2) is 9.78 Å². The van der Waals surface area contributed by atoms with Crippen LogP contribution in [0.25, 0.3) is 10.9 Å². The number of aliphatic carboxylic acids is 1. The van der Waals surface area contributed by atoms with Crippen LogP contribution in [0.2, 0.25) is 0 Å². The Balaban J connectivity index is 2.17. The van der Waals surface area contributed by atoms with E-state index in [1.54, 1.807) is 25.1 Å². The molecular weight excluding hydrogens is 524 g/mol. The molecule has 184 valence electrons. The van der Waals surface area contributed by atoms with Crippen molar-refractivity contribution in [3.05, 3.63) is 66.7 Å². The van der Waals surface area contributed by atoms with Crippen LogP contribution >= 0.6 is 15.9 Å². The molecule has 0 saturated heterocycles. The highest BCUT2D eigenvalue weighted by atomic mass is 79.9. The van der Waals surface area contributed by atoms with Crippen molar-refractivity contribution in [2.24, 2.45) is 5.10 Å². The smallest absolute Gasteiger partial charge is 0.344 e. The third kappa shape index (κ3) is 5.65. The molecule has 0 unspecified atom stereocenters. The van der Waals surface area contributed by atoms with Gasteiger partial charge in [0.05, 0.1) is 28.6 Å². The van der Waals surface area contributed by atoms with E-state index < -0.39 is 28.2 Å². The number of halogens is 1. The standard InChI is InChI=1S/C23H23BrN4O7/c1-5-34-19-9-14(8-18(28(32)33)20(19)35-13(4)23(30)31)11-25-27-21(12(2)3)26-17-7-6-15(24)10-16(17)22(27)29/h6-13H,5H2,1-4H3,(H,30,31)/t13-/m0/s1. The van der Waals surface area contributed by atoms with Crippen molar-refractivity contribution in [1.82, 2.24) is 9.66 Å². The highest BCUT2D eigenvalue weighted by molar-refractivity contribution is 9.10. The number of carboxylic acid groups (broad SMARTS) is 1. The zero-order chi connectivity index (χ0) is 25.9. The van der Waals surface area contributed by atoms with Crippen LogP contribution < -0.4 is 15.0 Å². The van der Waals surface area contributed by atoms with Crippen molar-refractivity contribution in [3.8, 4) is 11.5 Å². The fourth-order valence-corrected chi connectivity index (χ4v) is 3.56. The van der Waals surface area contributed by atoms with Gasteiger partial charge in [0.1, 0.15) is 5.82 Å². The molecule has 0 aliphatic carbocycles. The molecule has 2 aromatic carbocycles. The van der Waals surface area contributed by atoms with E-state index in [-0.39, 0.29) is 29.6 Å². The first kappa shape index (κ1) is 25.8. The van der Waals surface area contributed by atoms with E-state index in [0.717, 1.165) is 4.68 Å². The van der Waals surface area contributed by atoms with E-state index in [1.807, 2.05) is 13.8 Å². The van der Waals surface area contributed by atoms with Gasteiger partial charge >= 0.3 is 11.7 Å². The Labute approximate surface area is 208 Å². The predicted molar refractivity (Wildman–Crippen MR) is 133 cm³/mol. The fourth-order valence-electron chi connectivity index (χ4n) is 3.20. The monoisotopic (exact) mass is 546 g/mol. The van der Waals surface area contributed by atoms with Gasteiger partial charge in [0, 0.05) is 22.0 Å². The molecule has 3 aromatic rings. The number of rotatable bonds is 9. The predicted octanol–water partition coefficient (Wildman–Crippen LogP) is 4.32. The van der Waals surface area contributed by atoms with E-state index in [1.165, 1.54) is 25.3 Å². The van der Waals surface area contributed by atoms with Gasteiger partial charge in [0.15, 0.2) is 11.9 Å². The lowest BCUT2D eigenvalue weighted by molar-refractivity contribution is -0.386.